The molecular weight excluding hydrogens is 134 g/mol. The van der Waals surface area contributed by atoms with Crippen LogP contribution in [0, 0.1) is 17.0 Å². The van der Waals surface area contributed by atoms with Gasteiger partial charge in [0.25, 0.3) is 5.82 Å². The van der Waals surface area contributed by atoms with Gasteiger partial charge in [-0.1, -0.05) is 0 Å². The molecule has 5 heteroatoms. The Balaban J connectivity index is 3.17. The summed E-state index contributed by atoms with van der Waals surface area (Å²) in [5.74, 6) is 0.851. The van der Waals surface area contributed by atoms with Crippen LogP contribution in [0.15, 0.2) is 6.20 Å². The van der Waals surface area contributed by atoms with E-state index in [1.165, 1.54) is 10.8 Å². The van der Waals surface area contributed by atoms with Crippen molar-refractivity contribution in [3.63, 3.8) is 0 Å². The molecule has 10 heavy (non-hydrogen) atoms. The van der Waals surface area contributed by atoms with Crippen LogP contribution in [0.4, 0.5) is 5.82 Å². The third kappa shape index (κ3) is 0.854. The van der Waals surface area contributed by atoms with Crippen LogP contribution in [-0.2, 0) is 7.05 Å². The van der Waals surface area contributed by atoms with Crippen molar-refractivity contribution < 1.29 is 9.49 Å². The monoisotopic (exact) mass is 142 g/mol. The van der Waals surface area contributed by atoms with Crippen molar-refractivity contribution in [3.8, 4) is 0 Å². The maximum Gasteiger partial charge on any atom is 0.519 e. The van der Waals surface area contributed by atoms with Crippen LogP contribution in [0.5, 0.6) is 0 Å². The molecule has 0 atom stereocenters. The molecule has 0 aliphatic heterocycles. The molecule has 54 valence electrons. The number of aryl methyl sites for hydroxylation is 1. The first kappa shape index (κ1) is 6.73. The number of rotatable bonds is 1. The number of aromatic nitrogens is 2. The second-order valence-electron chi connectivity index (χ2n) is 2.05. The first-order valence-electron chi connectivity index (χ1n) is 2.81. The highest BCUT2D eigenvalue weighted by atomic mass is 16.6. The van der Waals surface area contributed by atoms with Gasteiger partial charge in [-0.3, -0.25) is 10.1 Å². The van der Waals surface area contributed by atoms with Gasteiger partial charge in [-0.05, 0) is 0 Å². The van der Waals surface area contributed by atoms with Gasteiger partial charge in [-0.25, -0.2) is 0 Å². The lowest BCUT2D eigenvalue weighted by atomic mass is 10.7. The van der Waals surface area contributed by atoms with Crippen molar-refractivity contribution >= 4 is 5.82 Å². The van der Waals surface area contributed by atoms with Gasteiger partial charge < -0.3 is 4.98 Å². The zero-order valence-electron chi connectivity index (χ0n) is 5.79. The number of imidazole rings is 1. The summed E-state index contributed by atoms with van der Waals surface area (Å²) in [6.45, 7) is 1.77. The van der Waals surface area contributed by atoms with Crippen LogP contribution in [0.1, 0.15) is 5.82 Å². The molecule has 1 N–H and O–H groups in total. The van der Waals surface area contributed by atoms with Crippen molar-refractivity contribution in [1.29, 1.82) is 0 Å². The highest BCUT2D eigenvalue weighted by molar-refractivity contribution is 5.04. The molecule has 0 bridgehead atoms. The lowest BCUT2D eigenvalue weighted by Gasteiger charge is -1.80. The van der Waals surface area contributed by atoms with Gasteiger partial charge >= 0.3 is 5.82 Å². The molecule has 0 amide bonds. The standard InChI is InChI=1S/C5H7N3O2/c1-4-6-3-5(7(4)2)8(9)10/h3H,1-2H3/p+1. The van der Waals surface area contributed by atoms with Crippen molar-refractivity contribution in [3.05, 3.63) is 22.1 Å². The smallest absolute Gasteiger partial charge is 0.301 e. The zero-order valence-corrected chi connectivity index (χ0v) is 5.79. The fourth-order valence-electron chi connectivity index (χ4n) is 0.710. The molecule has 0 aliphatic carbocycles. The molecule has 1 rings (SSSR count). The minimum Gasteiger partial charge on any atom is -0.301 e. The molecule has 0 fully saturated rings. The summed E-state index contributed by atoms with van der Waals surface area (Å²) in [5, 5.41) is 10.2. The molecule has 0 unspecified atom stereocenters. The third-order valence-electron chi connectivity index (χ3n) is 1.44. The number of nitrogens with zero attached hydrogens (tertiary/aromatic N) is 2. The molecule has 0 saturated carbocycles. The fourth-order valence-corrected chi connectivity index (χ4v) is 0.710. The average Bonchev–Trinajstić information content (AvgIpc) is 2.14. The van der Waals surface area contributed by atoms with Gasteiger partial charge in [-0.15, -0.1) is 4.57 Å². The highest BCUT2D eigenvalue weighted by Gasteiger charge is 2.22. The fraction of sp³-hybridized carbons (Fsp3) is 0.400. The second-order valence-corrected chi connectivity index (χ2v) is 2.05. The Kier molecular flexibility index (Phi) is 1.41. The first-order chi connectivity index (χ1) is 4.63. The molecule has 1 aromatic rings. The van der Waals surface area contributed by atoms with Crippen molar-refractivity contribution in [2.24, 2.45) is 7.05 Å². The topological polar surface area (TPSA) is 62.8 Å². The van der Waals surface area contributed by atoms with E-state index in [0.29, 0.717) is 0 Å². The van der Waals surface area contributed by atoms with E-state index < -0.39 is 4.92 Å². The van der Waals surface area contributed by atoms with Crippen LogP contribution in [-0.4, -0.2) is 9.91 Å². The summed E-state index contributed by atoms with van der Waals surface area (Å²) in [5.41, 5.74) is 0. The van der Waals surface area contributed by atoms with Crippen LogP contribution in [0.2, 0.25) is 0 Å². The molecule has 0 radical (unpaired) electrons. The van der Waals surface area contributed by atoms with E-state index in [1.54, 1.807) is 14.0 Å². The third-order valence-corrected chi connectivity index (χ3v) is 1.44. The van der Waals surface area contributed by atoms with E-state index in [1.807, 2.05) is 0 Å². The maximum absolute atomic E-state index is 10.2. The minimum absolute atomic E-state index is 0.0810. The Morgan fingerprint density at radius 3 is 2.60 bits per heavy atom. The van der Waals surface area contributed by atoms with Crippen LogP contribution >= 0.6 is 0 Å². The van der Waals surface area contributed by atoms with Crippen molar-refractivity contribution in [1.82, 2.24) is 4.98 Å². The summed E-state index contributed by atoms with van der Waals surface area (Å²) in [6, 6.07) is 0. The van der Waals surface area contributed by atoms with Gasteiger partial charge in [0, 0.05) is 6.92 Å². The number of hydrogen-bond acceptors (Lipinski definition) is 2. The molecule has 1 heterocycles. The summed E-state index contributed by atoms with van der Waals surface area (Å²) in [4.78, 5) is 12.5. The number of hydrogen-bond donors (Lipinski definition) is 1. The van der Waals surface area contributed by atoms with Crippen LogP contribution in [0.3, 0.4) is 0 Å². The SMILES string of the molecule is Cc1[nH]cc([N+](=O)[O-])[n+]1C. The van der Waals surface area contributed by atoms with E-state index in [9.17, 15) is 10.1 Å². The maximum atomic E-state index is 10.2. The van der Waals surface area contributed by atoms with Crippen molar-refractivity contribution in [2.75, 3.05) is 0 Å². The minimum atomic E-state index is -0.427. The molecular formula is C5H8N3O2+. The first-order valence-corrected chi connectivity index (χ1v) is 2.81. The van der Waals surface area contributed by atoms with E-state index in [2.05, 4.69) is 4.98 Å². The molecule has 0 aromatic carbocycles. The Labute approximate surface area is 57.5 Å². The average molecular weight is 142 g/mol. The van der Waals surface area contributed by atoms with Gasteiger partial charge in [-0.2, -0.15) is 0 Å². The predicted molar refractivity (Wildman–Crippen MR) is 33.4 cm³/mol. The summed E-state index contributed by atoms with van der Waals surface area (Å²) < 4.78 is 1.49. The van der Waals surface area contributed by atoms with E-state index in [0.717, 1.165) is 5.82 Å². The van der Waals surface area contributed by atoms with Gasteiger partial charge in [0.2, 0.25) is 0 Å². The second kappa shape index (κ2) is 2.09. The molecule has 0 spiro atoms. The number of H-pyrrole nitrogens is 1. The van der Waals surface area contributed by atoms with Gasteiger partial charge in [0.15, 0.2) is 6.20 Å². The van der Waals surface area contributed by atoms with Crippen LogP contribution in [0.25, 0.3) is 0 Å². The summed E-state index contributed by atoms with van der Waals surface area (Å²) >= 11 is 0. The predicted octanol–water partition coefficient (Wildman–Crippen LogP) is 0.0558. The van der Waals surface area contributed by atoms with E-state index in [-0.39, 0.29) is 5.82 Å². The van der Waals surface area contributed by atoms with E-state index in [4.69, 9.17) is 0 Å². The molecule has 0 saturated heterocycles. The Morgan fingerprint density at radius 2 is 2.40 bits per heavy atom. The number of aromatic amines is 1. The number of nitrogens with one attached hydrogen (secondary N) is 1. The zero-order chi connectivity index (χ0) is 7.72. The molecule has 0 aliphatic rings. The van der Waals surface area contributed by atoms with E-state index >= 15 is 0 Å². The highest BCUT2D eigenvalue weighted by Crippen LogP contribution is 2.00. The number of nitro groups is 1. The summed E-state index contributed by atoms with van der Waals surface area (Å²) in [6.07, 6.45) is 1.37. The lowest BCUT2D eigenvalue weighted by Crippen LogP contribution is -2.31. The summed E-state index contributed by atoms with van der Waals surface area (Å²) in [7, 11) is 1.64. The molecule has 5 nitrogen and oxygen atoms in total. The Bertz CT molecular complexity index is 266. The van der Waals surface area contributed by atoms with Gasteiger partial charge in [0.05, 0.1) is 0 Å². The van der Waals surface area contributed by atoms with Crippen molar-refractivity contribution in [2.45, 2.75) is 6.92 Å². The largest absolute Gasteiger partial charge is 0.519 e. The molecule has 1 aromatic heterocycles. The van der Waals surface area contributed by atoms with Crippen LogP contribution < -0.4 is 4.57 Å². The van der Waals surface area contributed by atoms with Gasteiger partial charge in [0.1, 0.15) is 12.0 Å². The Morgan fingerprint density at radius 1 is 1.80 bits per heavy atom. The normalized spacial score (nSPS) is 9.80. The lowest BCUT2D eigenvalue weighted by molar-refractivity contribution is -0.718. The Hall–Kier alpha value is -1.39. The quantitative estimate of drug-likeness (QED) is 0.342.